The number of carbonyl (C=O) groups is 2. The van der Waals surface area contributed by atoms with E-state index >= 15 is 0 Å². The normalized spacial score (nSPS) is 11.4. The van der Waals surface area contributed by atoms with Gasteiger partial charge in [0.2, 0.25) is 0 Å². The summed E-state index contributed by atoms with van der Waals surface area (Å²) in [6, 6.07) is 14.6. The van der Waals surface area contributed by atoms with E-state index < -0.39 is 11.8 Å². The monoisotopic (exact) mass is 370 g/mol. The molecule has 0 aliphatic carbocycles. The number of hydrogen-bond acceptors (Lipinski definition) is 4. The molecule has 0 saturated carbocycles. The zero-order chi connectivity index (χ0) is 19.8. The van der Waals surface area contributed by atoms with Crippen LogP contribution in [0, 0.1) is 0 Å². The Morgan fingerprint density at radius 2 is 1.70 bits per heavy atom. The van der Waals surface area contributed by atoms with E-state index in [2.05, 4.69) is 5.32 Å². The minimum atomic E-state index is -0.630. The van der Waals surface area contributed by atoms with E-state index in [0.29, 0.717) is 24.6 Å². The average Bonchev–Trinajstić information content (AvgIpc) is 2.71. The third-order valence-corrected chi connectivity index (χ3v) is 4.33. The van der Waals surface area contributed by atoms with Gasteiger partial charge in [0.1, 0.15) is 0 Å². The van der Waals surface area contributed by atoms with Crippen molar-refractivity contribution in [3.05, 3.63) is 59.7 Å². The predicted octanol–water partition coefficient (Wildman–Crippen LogP) is 2.93. The van der Waals surface area contributed by atoms with Crippen LogP contribution in [0.3, 0.4) is 0 Å². The quantitative estimate of drug-likeness (QED) is 0.761. The van der Waals surface area contributed by atoms with Gasteiger partial charge in [-0.3, -0.25) is 9.59 Å². The van der Waals surface area contributed by atoms with Crippen molar-refractivity contribution in [2.45, 2.75) is 26.4 Å². The molecule has 27 heavy (non-hydrogen) atoms. The van der Waals surface area contributed by atoms with E-state index in [9.17, 15) is 9.59 Å². The second-order valence-corrected chi connectivity index (χ2v) is 6.11. The molecule has 144 valence electrons. The molecule has 0 radical (unpaired) electrons. The molecule has 0 aliphatic heterocycles. The van der Waals surface area contributed by atoms with Crippen LogP contribution in [0.4, 0.5) is 0 Å². The Kier molecular flexibility index (Phi) is 7.23. The second kappa shape index (κ2) is 9.62. The van der Waals surface area contributed by atoms with Crippen molar-refractivity contribution in [1.29, 1.82) is 0 Å². The summed E-state index contributed by atoms with van der Waals surface area (Å²) in [7, 11) is 3.12. The van der Waals surface area contributed by atoms with E-state index in [1.54, 1.807) is 26.4 Å². The third kappa shape index (κ3) is 5.23. The summed E-state index contributed by atoms with van der Waals surface area (Å²) in [6.07, 6.45) is 0. The molecule has 0 bridgehead atoms. The van der Waals surface area contributed by atoms with Crippen molar-refractivity contribution in [3.8, 4) is 11.5 Å². The summed E-state index contributed by atoms with van der Waals surface area (Å²) in [6.45, 7) is 4.52. The van der Waals surface area contributed by atoms with Crippen LogP contribution >= 0.6 is 0 Å². The van der Waals surface area contributed by atoms with E-state index in [0.717, 1.165) is 11.1 Å². The van der Waals surface area contributed by atoms with Gasteiger partial charge in [0.05, 0.1) is 20.3 Å². The van der Waals surface area contributed by atoms with Crippen LogP contribution < -0.4 is 14.8 Å². The van der Waals surface area contributed by atoms with E-state index in [1.165, 1.54) is 4.90 Å². The molecule has 6 heteroatoms. The first-order valence-electron chi connectivity index (χ1n) is 8.85. The maximum absolute atomic E-state index is 12.5. The lowest BCUT2D eigenvalue weighted by Gasteiger charge is -2.22. The summed E-state index contributed by atoms with van der Waals surface area (Å²) in [5, 5.41) is 2.76. The van der Waals surface area contributed by atoms with Crippen LogP contribution in [-0.4, -0.2) is 37.5 Å². The number of nitrogens with zero attached hydrogens (tertiary/aromatic N) is 1. The number of rotatable bonds is 7. The molecule has 2 aromatic carbocycles. The fraction of sp³-hybridized carbons (Fsp3) is 0.333. The highest BCUT2D eigenvalue weighted by Gasteiger charge is 2.23. The predicted molar refractivity (Wildman–Crippen MR) is 104 cm³/mol. The Balaban J connectivity index is 2.05. The molecule has 0 spiro atoms. The van der Waals surface area contributed by atoms with Crippen LogP contribution in [0.15, 0.2) is 48.5 Å². The Bertz CT molecular complexity index is 777. The lowest BCUT2D eigenvalue weighted by Crippen LogP contribution is -2.43. The van der Waals surface area contributed by atoms with Gasteiger partial charge in [-0.15, -0.1) is 0 Å². The topological polar surface area (TPSA) is 67.9 Å². The molecule has 6 nitrogen and oxygen atoms in total. The summed E-state index contributed by atoms with van der Waals surface area (Å²) < 4.78 is 10.5. The number of amides is 2. The van der Waals surface area contributed by atoms with E-state index in [4.69, 9.17) is 9.47 Å². The SMILES string of the molecule is CCN(Cc1ccccc1)C(=O)C(=O)NC(C)c1ccc(OC)c(OC)c1. The van der Waals surface area contributed by atoms with Crippen molar-refractivity contribution >= 4 is 11.8 Å². The number of benzene rings is 2. The van der Waals surface area contributed by atoms with E-state index in [1.807, 2.05) is 50.2 Å². The number of likely N-dealkylation sites (N-methyl/N-ethyl adjacent to an activating group) is 1. The Morgan fingerprint density at radius 3 is 2.30 bits per heavy atom. The second-order valence-electron chi connectivity index (χ2n) is 6.11. The minimum Gasteiger partial charge on any atom is -0.493 e. The van der Waals surface area contributed by atoms with Gasteiger partial charge in [-0.25, -0.2) is 0 Å². The molecule has 2 aromatic rings. The van der Waals surface area contributed by atoms with Gasteiger partial charge >= 0.3 is 11.8 Å². The van der Waals surface area contributed by atoms with Crippen molar-refractivity contribution in [3.63, 3.8) is 0 Å². The highest BCUT2D eigenvalue weighted by Crippen LogP contribution is 2.29. The van der Waals surface area contributed by atoms with Crippen LogP contribution in [0.5, 0.6) is 11.5 Å². The summed E-state index contributed by atoms with van der Waals surface area (Å²) in [4.78, 5) is 26.5. The van der Waals surface area contributed by atoms with Crippen LogP contribution in [0.2, 0.25) is 0 Å². The smallest absolute Gasteiger partial charge is 0.312 e. The van der Waals surface area contributed by atoms with Gasteiger partial charge in [0.15, 0.2) is 11.5 Å². The van der Waals surface area contributed by atoms with Gasteiger partial charge in [-0.1, -0.05) is 36.4 Å². The third-order valence-electron chi connectivity index (χ3n) is 4.33. The molecule has 0 heterocycles. The van der Waals surface area contributed by atoms with Crippen LogP contribution in [0.25, 0.3) is 0 Å². The largest absolute Gasteiger partial charge is 0.493 e. The Labute approximate surface area is 160 Å². The number of ether oxygens (including phenoxy) is 2. The molecular weight excluding hydrogens is 344 g/mol. The molecule has 0 aromatic heterocycles. The number of nitrogens with one attached hydrogen (secondary N) is 1. The van der Waals surface area contributed by atoms with Gasteiger partial charge < -0.3 is 19.7 Å². The Morgan fingerprint density at radius 1 is 1.04 bits per heavy atom. The zero-order valence-corrected chi connectivity index (χ0v) is 16.2. The summed E-state index contributed by atoms with van der Waals surface area (Å²) in [5.41, 5.74) is 1.80. The van der Waals surface area contributed by atoms with Crippen LogP contribution in [-0.2, 0) is 16.1 Å². The van der Waals surface area contributed by atoms with Crippen molar-refractivity contribution in [1.82, 2.24) is 10.2 Å². The standard InChI is InChI=1S/C21H26N2O4/c1-5-23(14-16-9-7-6-8-10-16)21(25)20(24)22-15(2)17-11-12-18(26-3)19(13-17)27-4/h6-13,15H,5,14H2,1-4H3,(H,22,24). The highest BCUT2D eigenvalue weighted by molar-refractivity contribution is 6.35. The summed E-state index contributed by atoms with van der Waals surface area (Å²) >= 11 is 0. The molecular formula is C21H26N2O4. The van der Waals surface area contributed by atoms with Gasteiger partial charge in [-0.05, 0) is 37.1 Å². The molecule has 1 N–H and O–H groups in total. The fourth-order valence-electron chi connectivity index (χ4n) is 2.74. The number of hydrogen-bond donors (Lipinski definition) is 1. The lowest BCUT2D eigenvalue weighted by molar-refractivity contribution is -0.146. The Hall–Kier alpha value is -3.02. The number of methoxy groups -OCH3 is 2. The van der Waals surface area contributed by atoms with Gasteiger partial charge in [0.25, 0.3) is 0 Å². The molecule has 2 rings (SSSR count). The molecule has 2 amide bonds. The first-order chi connectivity index (χ1) is 13.0. The fourth-order valence-corrected chi connectivity index (χ4v) is 2.74. The molecule has 0 fully saturated rings. The lowest BCUT2D eigenvalue weighted by atomic mass is 10.1. The maximum Gasteiger partial charge on any atom is 0.312 e. The van der Waals surface area contributed by atoms with Gasteiger partial charge in [-0.2, -0.15) is 0 Å². The van der Waals surface area contributed by atoms with Gasteiger partial charge in [0, 0.05) is 13.1 Å². The molecule has 1 atom stereocenters. The maximum atomic E-state index is 12.5. The van der Waals surface area contributed by atoms with Crippen molar-refractivity contribution in [2.24, 2.45) is 0 Å². The van der Waals surface area contributed by atoms with E-state index in [-0.39, 0.29) is 6.04 Å². The van der Waals surface area contributed by atoms with Crippen LogP contribution in [0.1, 0.15) is 31.0 Å². The van der Waals surface area contributed by atoms with Crippen molar-refractivity contribution < 1.29 is 19.1 Å². The highest BCUT2D eigenvalue weighted by atomic mass is 16.5. The summed E-state index contributed by atoms with van der Waals surface area (Å²) in [5.74, 6) is 0.00121. The molecule has 0 aliphatic rings. The molecule has 0 saturated heterocycles. The first-order valence-corrected chi connectivity index (χ1v) is 8.85. The number of carbonyl (C=O) groups excluding carboxylic acids is 2. The van der Waals surface area contributed by atoms with Crippen molar-refractivity contribution in [2.75, 3.05) is 20.8 Å². The first kappa shape index (κ1) is 20.3. The average molecular weight is 370 g/mol. The minimum absolute atomic E-state index is 0.350. The zero-order valence-electron chi connectivity index (χ0n) is 16.2. The molecule has 1 unspecified atom stereocenters.